The van der Waals surface area contributed by atoms with Crippen LogP contribution in [0.1, 0.15) is 115 Å². The second-order valence-electron chi connectivity index (χ2n) is 14.5. The quantitative estimate of drug-likeness (QED) is 0.117. The van der Waals surface area contributed by atoms with Gasteiger partial charge in [-0.3, -0.25) is 19.6 Å². The first kappa shape index (κ1) is 33.2. The van der Waals surface area contributed by atoms with Crippen molar-refractivity contribution >= 4 is 17.3 Å². The van der Waals surface area contributed by atoms with Gasteiger partial charge in [0.05, 0.1) is 5.41 Å². The van der Waals surface area contributed by atoms with Crippen LogP contribution in [0.25, 0.3) is 0 Å². The van der Waals surface area contributed by atoms with Crippen LogP contribution in [0.2, 0.25) is 0 Å². The van der Waals surface area contributed by atoms with Gasteiger partial charge in [-0.2, -0.15) is 0 Å². The van der Waals surface area contributed by atoms with Gasteiger partial charge in [0, 0.05) is 17.9 Å². The topological polar surface area (TPSA) is 89.9 Å². The fraction of sp³-hybridized carbons (Fsp3) is 0.686. The minimum Gasteiger partial charge on any atom is -0.490 e. The molecule has 2 aliphatic carbocycles. The summed E-state index contributed by atoms with van der Waals surface area (Å²) in [6, 6.07) is 0. The van der Waals surface area contributed by atoms with Gasteiger partial charge in [0.2, 0.25) is 0 Å². The second-order valence-corrected chi connectivity index (χ2v) is 14.5. The number of hydrogen-bond donors (Lipinski definition) is 1. The average Bonchev–Trinajstić information content (AvgIpc) is 3.26. The molecule has 5 atom stereocenters. The summed E-state index contributed by atoms with van der Waals surface area (Å²) in [7, 11) is 0. The summed E-state index contributed by atoms with van der Waals surface area (Å²) >= 11 is 0. The average molecular weight is 569 g/mol. The lowest BCUT2D eigenvalue weighted by Gasteiger charge is -2.60. The highest BCUT2D eigenvalue weighted by Crippen LogP contribution is 2.70. The molecule has 1 N–H and O–H groups in total. The van der Waals surface area contributed by atoms with Crippen LogP contribution < -0.4 is 0 Å². The third-order valence-corrected chi connectivity index (χ3v) is 9.89. The number of allylic oxidation sites excluding steroid dienone is 8. The van der Waals surface area contributed by atoms with E-state index in [1.54, 1.807) is 27.7 Å². The van der Waals surface area contributed by atoms with Crippen molar-refractivity contribution in [3.05, 3.63) is 46.3 Å². The van der Waals surface area contributed by atoms with E-state index in [0.717, 1.165) is 16.7 Å². The maximum absolute atomic E-state index is 15.2. The number of ketones is 3. The Morgan fingerprint density at radius 3 is 2.12 bits per heavy atom. The maximum atomic E-state index is 15.2. The van der Waals surface area contributed by atoms with E-state index in [1.807, 2.05) is 54.5 Å². The Morgan fingerprint density at radius 1 is 1.02 bits per heavy atom. The molecule has 0 radical (unpaired) electrons. The molecule has 1 saturated carbocycles. The lowest BCUT2D eigenvalue weighted by Crippen LogP contribution is -2.70. The Hall–Kier alpha value is -2.31. The highest BCUT2D eigenvalue weighted by atomic mass is 17.1. The molecule has 1 spiro atoms. The van der Waals surface area contributed by atoms with Crippen LogP contribution in [0.4, 0.5) is 0 Å². The highest BCUT2D eigenvalue weighted by Gasteiger charge is 2.78. The first-order chi connectivity index (χ1) is 18.9. The predicted molar refractivity (Wildman–Crippen MR) is 162 cm³/mol. The van der Waals surface area contributed by atoms with Crippen LogP contribution in [0.15, 0.2) is 46.3 Å². The zero-order chi connectivity index (χ0) is 31.1. The van der Waals surface area contributed by atoms with Crippen molar-refractivity contribution in [1.29, 1.82) is 0 Å². The summed E-state index contributed by atoms with van der Waals surface area (Å²) in [4.78, 5) is 49.8. The van der Waals surface area contributed by atoms with Gasteiger partial charge in [-0.05, 0) is 98.8 Å². The number of carbonyl (C=O) groups excluding carboxylic acids is 3. The first-order valence-corrected chi connectivity index (χ1v) is 15.2. The molecule has 3 rings (SSSR count). The Balaban J connectivity index is 2.45. The maximum Gasteiger partial charge on any atom is 0.184 e. The van der Waals surface area contributed by atoms with Crippen molar-refractivity contribution in [3.63, 3.8) is 0 Å². The van der Waals surface area contributed by atoms with Gasteiger partial charge in [-0.25, -0.2) is 4.89 Å². The Labute approximate surface area is 247 Å². The molecule has 2 bridgehead atoms. The van der Waals surface area contributed by atoms with Crippen LogP contribution in [-0.2, 0) is 24.0 Å². The smallest absolute Gasteiger partial charge is 0.184 e. The predicted octanol–water partition coefficient (Wildman–Crippen LogP) is 8.13. The molecule has 3 aliphatic rings. The fourth-order valence-corrected chi connectivity index (χ4v) is 7.44. The fourth-order valence-electron chi connectivity index (χ4n) is 7.44. The monoisotopic (exact) mass is 568 g/mol. The van der Waals surface area contributed by atoms with Gasteiger partial charge in [0.15, 0.2) is 22.8 Å². The molecule has 6 heteroatoms. The molecule has 0 unspecified atom stereocenters. The number of rotatable bonds is 11. The van der Waals surface area contributed by atoms with Crippen LogP contribution in [0.3, 0.4) is 0 Å². The molecule has 228 valence electrons. The van der Waals surface area contributed by atoms with E-state index < -0.39 is 39.7 Å². The van der Waals surface area contributed by atoms with E-state index in [1.165, 1.54) is 0 Å². The summed E-state index contributed by atoms with van der Waals surface area (Å²) in [5.74, 6) is -1.23. The molecule has 1 aliphatic heterocycles. The van der Waals surface area contributed by atoms with Crippen molar-refractivity contribution in [2.45, 2.75) is 126 Å². The molecule has 6 nitrogen and oxygen atoms in total. The van der Waals surface area contributed by atoms with Gasteiger partial charge >= 0.3 is 0 Å². The zero-order valence-electron chi connectivity index (χ0n) is 27.2. The zero-order valence-corrected chi connectivity index (χ0v) is 27.2. The van der Waals surface area contributed by atoms with E-state index in [2.05, 4.69) is 12.2 Å². The number of fused-ring (bicyclic) bond motifs is 1. The third kappa shape index (κ3) is 5.35. The van der Waals surface area contributed by atoms with Crippen LogP contribution in [0, 0.1) is 28.1 Å². The molecular formula is C35H52O6. The van der Waals surface area contributed by atoms with Crippen molar-refractivity contribution in [1.82, 2.24) is 0 Å². The highest BCUT2D eigenvalue weighted by molar-refractivity contribution is 6.33. The second kappa shape index (κ2) is 11.8. The van der Waals surface area contributed by atoms with E-state index in [-0.39, 0.29) is 30.3 Å². The minimum atomic E-state index is -1.81. The summed E-state index contributed by atoms with van der Waals surface area (Å²) in [5, 5.41) is 9.78. The molecule has 0 amide bonds. The molecule has 2 fully saturated rings. The lowest BCUT2D eigenvalue weighted by molar-refractivity contribution is -0.332. The van der Waals surface area contributed by atoms with E-state index in [0.29, 0.717) is 37.0 Å². The largest absolute Gasteiger partial charge is 0.490 e. The SMILES string of the molecule is CC(C)=CCC[C@]1(C)[C@@H](CC=C(C)C)C[C@]23C[C@@H](C(C)(C)OO)OC2=C(CC=C(C)C)C(=O)[C@@]1(C(=O)C(C)C)C3=O. The van der Waals surface area contributed by atoms with Gasteiger partial charge < -0.3 is 4.74 Å². The van der Waals surface area contributed by atoms with Crippen molar-refractivity contribution < 1.29 is 29.3 Å². The summed E-state index contributed by atoms with van der Waals surface area (Å²) in [6.07, 6.45) is 8.52. The van der Waals surface area contributed by atoms with Gasteiger partial charge in [0.1, 0.15) is 17.5 Å². The Kier molecular flexibility index (Phi) is 9.52. The van der Waals surface area contributed by atoms with E-state index >= 15 is 9.59 Å². The molecule has 41 heavy (non-hydrogen) atoms. The Morgan fingerprint density at radius 2 is 1.61 bits per heavy atom. The van der Waals surface area contributed by atoms with Crippen LogP contribution in [0.5, 0.6) is 0 Å². The minimum absolute atomic E-state index is 0.118. The molecule has 0 aromatic rings. The first-order valence-electron chi connectivity index (χ1n) is 15.2. The van der Waals surface area contributed by atoms with Crippen LogP contribution >= 0.6 is 0 Å². The molecule has 1 heterocycles. The number of hydrogen-bond acceptors (Lipinski definition) is 6. The van der Waals surface area contributed by atoms with Crippen LogP contribution in [-0.4, -0.2) is 34.3 Å². The third-order valence-electron chi connectivity index (χ3n) is 9.89. The number of carbonyl (C=O) groups is 3. The lowest BCUT2D eigenvalue weighted by atomic mass is 9.38. The molecular weight excluding hydrogens is 516 g/mol. The van der Waals surface area contributed by atoms with Gasteiger partial charge in [-0.15, -0.1) is 0 Å². The van der Waals surface area contributed by atoms with E-state index in [4.69, 9.17) is 9.62 Å². The standard InChI is InChI=1S/C35H52O6/c1-21(2)13-12-18-33(11)25(16-14-22(3)4)19-34-20-27(32(9,10)41-39)40-30(34)26(17-15-23(5)6)29(37)35(33,31(34)38)28(36)24(7)8/h13-15,24-25,27,39H,12,16-20H2,1-11H3/t25-,27-,33+,34-,35-/m0/s1. The van der Waals surface area contributed by atoms with Crippen molar-refractivity contribution in [2.75, 3.05) is 0 Å². The molecule has 1 saturated heterocycles. The van der Waals surface area contributed by atoms with Gasteiger partial charge in [0.25, 0.3) is 0 Å². The number of ether oxygens (including phenoxy) is 1. The Bertz CT molecular complexity index is 1200. The normalized spacial score (nSPS) is 31.0. The van der Waals surface area contributed by atoms with E-state index in [9.17, 15) is 10.1 Å². The summed E-state index contributed by atoms with van der Waals surface area (Å²) in [5.41, 5.74) is -1.19. The summed E-state index contributed by atoms with van der Waals surface area (Å²) < 4.78 is 6.51. The number of Topliss-reactive ketones (excluding diaryl/α,β-unsaturated/α-hetero) is 3. The summed E-state index contributed by atoms with van der Waals surface area (Å²) in [6.45, 7) is 21.2. The molecule has 0 aromatic carbocycles. The molecule has 0 aromatic heterocycles. The van der Waals surface area contributed by atoms with Gasteiger partial charge in [-0.1, -0.05) is 55.7 Å². The van der Waals surface area contributed by atoms with Crippen molar-refractivity contribution in [3.8, 4) is 0 Å². The van der Waals surface area contributed by atoms with Crippen molar-refractivity contribution in [2.24, 2.45) is 28.1 Å².